The van der Waals surface area contributed by atoms with Crippen LogP contribution in [0.4, 0.5) is 0 Å². The van der Waals surface area contributed by atoms with Crippen molar-refractivity contribution >= 4 is 22.4 Å². The number of nitrogens with two attached hydrogens (primary N) is 1. The van der Waals surface area contributed by atoms with Gasteiger partial charge >= 0.3 is 0 Å². The highest BCUT2D eigenvalue weighted by Crippen LogP contribution is 2.29. The second-order valence-corrected chi connectivity index (χ2v) is 7.34. The Morgan fingerprint density at radius 2 is 2.14 bits per heavy atom. The molecule has 0 aliphatic carbocycles. The molecule has 1 heterocycles. The fraction of sp³-hybridized carbons (Fsp3) is 0.600. The van der Waals surface area contributed by atoms with Gasteiger partial charge in [0.1, 0.15) is 5.75 Å². The molecule has 0 aromatic heterocycles. The van der Waals surface area contributed by atoms with Crippen LogP contribution in [-0.2, 0) is 10.0 Å². The number of benzene rings is 1. The Morgan fingerprint density at radius 1 is 1.41 bits per heavy atom. The number of nitrogens with zero attached hydrogens (tertiary/aromatic N) is 1. The van der Waals surface area contributed by atoms with Crippen molar-refractivity contribution in [2.45, 2.75) is 37.6 Å². The fourth-order valence-corrected chi connectivity index (χ4v) is 4.69. The van der Waals surface area contributed by atoms with Gasteiger partial charge in [0.2, 0.25) is 10.0 Å². The van der Waals surface area contributed by atoms with E-state index < -0.39 is 10.0 Å². The van der Waals surface area contributed by atoms with Crippen molar-refractivity contribution in [3.63, 3.8) is 0 Å². The molecule has 1 fully saturated rings. The predicted molar refractivity (Wildman–Crippen MR) is 90.0 cm³/mol. The predicted octanol–water partition coefficient (Wildman–Crippen LogP) is 2.26. The van der Waals surface area contributed by atoms with E-state index in [0.29, 0.717) is 25.4 Å². The van der Waals surface area contributed by atoms with Crippen LogP contribution < -0.4 is 10.5 Å². The second kappa shape index (κ2) is 8.15. The number of piperidine rings is 1. The molecule has 0 spiro atoms. The lowest BCUT2D eigenvalue weighted by Crippen LogP contribution is -2.51. The van der Waals surface area contributed by atoms with Gasteiger partial charge in [-0.15, -0.1) is 12.4 Å². The molecule has 1 aliphatic rings. The average molecular weight is 349 g/mol. The lowest BCUT2D eigenvalue weighted by atomic mass is 9.93. The Morgan fingerprint density at radius 3 is 2.77 bits per heavy atom. The third-order valence-corrected chi connectivity index (χ3v) is 5.95. The van der Waals surface area contributed by atoms with Crippen LogP contribution in [0.2, 0.25) is 0 Å². The SMILES string of the molecule is CCOc1cccc(S(=O)(=O)N2CCCC(C)C2CN)c1.Cl. The minimum atomic E-state index is -3.52. The maximum atomic E-state index is 12.9. The maximum Gasteiger partial charge on any atom is 0.243 e. The first kappa shape index (κ1) is 19.2. The highest BCUT2D eigenvalue weighted by Gasteiger charge is 2.36. The van der Waals surface area contributed by atoms with E-state index in [1.54, 1.807) is 28.6 Å². The molecule has 126 valence electrons. The van der Waals surface area contributed by atoms with E-state index in [-0.39, 0.29) is 29.3 Å². The van der Waals surface area contributed by atoms with Gasteiger partial charge in [0, 0.05) is 25.2 Å². The molecule has 7 heteroatoms. The van der Waals surface area contributed by atoms with Gasteiger partial charge in [-0.05, 0) is 37.8 Å². The van der Waals surface area contributed by atoms with Gasteiger partial charge in [-0.2, -0.15) is 4.31 Å². The first-order valence-electron chi connectivity index (χ1n) is 7.45. The van der Waals surface area contributed by atoms with Gasteiger partial charge in [-0.3, -0.25) is 0 Å². The number of rotatable bonds is 5. The van der Waals surface area contributed by atoms with E-state index in [1.807, 2.05) is 6.92 Å². The monoisotopic (exact) mass is 348 g/mol. The number of ether oxygens (including phenoxy) is 1. The molecule has 2 unspecified atom stereocenters. The second-order valence-electron chi connectivity index (χ2n) is 5.45. The maximum absolute atomic E-state index is 12.9. The summed E-state index contributed by atoms with van der Waals surface area (Å²) in [5.74, 6) is 0.863. The van der Waals surface area contributed by atoms with Crippen LogP contribution in [0.1, 0.15) is 26.7 Å². The van der Waals surface area contributed by atoms with Crippen molar-refractivity contribution in [1.82, 2.24) is 4.31 Å². The first-order chi connectivity index (χ1) is 10.0. The molecule has 2 N–H and O–H groups in total. The van der Waals surface area contributed by atoms with Gasteiger partial charge in [0.15, 0.2) is 0 Å². The fourth-order valence-electron chi connectivity index (χ4n) is 2.89. The number of hydrogen-bond acceptors (Lipinski definition) is 4. The average Bonchev–Trinajstić information content (AvgIpc) is 2.47. The topological polar surface area (TPSA) is 72.6 Å². The third kappa shape index (κ3) is 3.93. The van der Waals surface area contributed by atoms with Gasteiger partial charge in [-0.1, -0.05) is 13.0 Å². The van der Waals surface area contributed by atoms with E-state index in [2.05, 4.69) is 6.92 Å². The minimum absolute atomic E-state index is 0. The molecule has 0 bridgehead atoms. The molecule has 1 aliphatic heterocycles. The summed E-state index contributed by atoms with van der Waals surface area (Å²) in [6.07, 6.45) is 1.90. The number of hydrogen-bond donors (Lipinski definition) is 1. The molecular weight excluding hydrogens is 324 g/mol. The molecule has 0 radical (unpaired) electrons. The van der Waals surface area contributed by atoms with E-state index >= 15 is 0 Å². The highest BCUT2D eigenvalue weighted by atomic mass is 35.5. The zero-order chi connectivity index (χ0) is 15.5. The normalized spacial score (nSPS) is 22.9. The Hall–Kier alpha value is -0.820. The van der Waals surface area contributed by atoms with Crippen LogP contribution in [0.25, 0.3) is 0 Å². The van der Waals surface area contributed by atoms with Crippen molar-refractivity contribution in [2.75, 3.05) is 19.7 Å². The van der Waals surface area contributed by atoms with Gasteiger partial charge in [0.25, 0.3) is 0 Å². The van der Waals surface area contributed by atoms with E-state index in [4.69, 9.17) is 10.5 Å². The van der Waals surface area contributed by atoms with E-state index in [0.717, 1.165) is 12.8 Å². The summed E-state index contributed by atoms with van der Waals surface area (Å²) in [7, 11) is -3.52. The highest BCUT2D eigenvalue weighted by molar-refractivity contribution is 7.89. The lowest BCUT2D eigenvalue weighted by Gasteiger charge is -2.38. The summed E-state index contributed by atoms with van der Waals surface area (Å²) < 4.78 is 32.7. The summed E-state index contributed by atoms with van der Waals surface area (Å²) in [5, 5.41) is 0. The van der Waals surface area contributed by atoms with Crippen LogP contribution >= 0.6 is 12.4 Å². The molecule has 1 aromatic carbocycles. The van der Waals surface area contributed by atoms with Gasteiger partial charge in [-0.25, -0.2) is 8.42 Å². The molecule has 0 saturated carbocycles. The molecule has 22 heavy (non-hydrogen) atoms. The van der Waals surface area contributed by atoms with Crippen LogP contribution in [0, 0.1) is 5.92 Å². The van der Waals surface area contributed by atoms with Gasteiger partial charge < -0.3 is 10.5 Å². The summed E-state index contributed by atoms with van der Waals surface area (Å²) in [6.45, 7) is 5.34. The van der Waals surface area contributed by atoms with Crippen molar-refractivity contribution in [1.29, 1.82) is 0 Å². The molecular formula is C15H25ClN2O3S. The van der Waals surface area contributed by atoms with E-state index in [1.165, 1.54) is 0 Å². The van der Waals surface area contributed by atoms with Crippen LogP contribution in [0.3, 0.4) is 0 Å². The Labute approximate surface area is 139 Å². The summed E-state index contributed by atoms with van der Waals surface area (Å²) in [5.41, 5.74) is 5.81. The zero-order valence-electron chi connectivity index (χ0n) is 13.1. The lowest BCUT2D eigenvalue weighted by molar-refractivity contribution is 0.192. The van der Waals surface area contributed by atoms with Crippen molar-refractivity contribution in [3.05, 3.63) is 24.3 Å². The molecule has 5 nitrogen and oxygen atoms in total. The van der Waals surface area contributed by atoms with Crippen LogP contribution in [0.15, 0.2) is 29.2 Å². The smallest absolute Gasteiger partial charge is 0.243 e. The van der Waals surface area contributed by atoms with Gasteiger partial charge in [0.05, 0.1) is 11.5 Å². The number of halogens is 1. The quantitative estimate of drug-likeness (QED) is 0.885. The van der Waals surface area contributed by atoms with E-state index in [9.17, 15) is 8.42 Å². The van der Waals surface area contributed by atoms with Crippen molar-refractivity contribution in [3.8, 4) is 5.75 Å². The third-order valence-electron chi connectivity index (χ3n) is 4.03. The molecule has 1 saturated heterocycles. The number of sulfonamides is 1. The summed E-state index contributed by atoms with van der Waals surface area (Å²) in [6, 6.07) is 6.56. The van der Waals surface area contributed by atoms with Crippen LogP contribution in [-0.4, -0.2) is 38.5 Å². The first-order valence-corrected chi connectivity index (χ1v) is 8.89. The van der Waals surface area contributed by atoms with Crippen molar-refractivity contribution in [2.24, 2.45) is 11.7 Å². The molecule has 1 aromatic rings. The van der Waals surface area contributed by atoms with Crippen LogP contribution in [0.5, 0.6) is 5.75 Å². The zero-order valence-corrected chi connectivity index (χ0v) is 14.7. The summed E-state index contributed by atoms with van der Waals surface area (Å²) in [4.78, 5) is 0.279. The molecule has 2 atom stereocenters. The Bertz CT molecular complexity index is 580. The molecule has 2 rings (SSSR count). The minimum Gasteiger partial charge on any atom is -0.494 e. The Balaban J connectivity index is 0.00000242. The Kier molecular flexibility index (Phi) is 7.12. The standard InChI is InChI=1S/C15H24N2O3S.ClH/c1-3-20-13-7-4-8-14(10-13)21(18,19)17-9-5-6-12(2)15(17)11-16;/h4,7-8,10,12,15H,3,5-6,9,11,16H2,1-2H3;1H. The summed E-state index contributed by atoms with van der Waals surface area (Å²) >= 11 is 0. The molecule has 0 amide bonds. The van der Waals surface area contributed by atoms with Crippen molar-refractivity contribution < 1.29 is 13.2 Å². The largest absolute Gasteiger partial charge is 0.494 e.